The quantitative estimate of drug-likeness (QED) is 0.719. The van der Waals surface area contributed by atoms with Gasteiger partial charge < -0.3 is 0 Å². The third kappa shape index (κ3) is 1.77. The number of nitrogens with zero attached hydrogens (tertiary/aromatic N) is 2. The molecule has 2 nitrogen and oxygen atoms in total. The maximum absolute atomic E-state index is 4.28. The largest absolute Gasteiger partial charge is 0.244 e. The Kier molecular flexibility index (Phi) is 2.50. The Morgan fingerprint density at radius 2 is 1.86 bits per heavy atom. The van der Waals surface area contributed by atoms with Gasteiger partial charge in [0.15, 0.2) is 0 Å². The predicted molar refractivity (Wildman–Crippen MR) is 59.5 cm³/mol. The van der Waals surface area contributed by atoms with Crippen molar-refractivity contribution in [1.82, 2.24) is 9.97 Å². The summed E-state index contributed by atoms with van der Waals surface area (Å²) in [5.74, 6) is 0. The van der Waals surface area contributed by atoms with Crippen LogP contribution in [0, 0.1) is 6.92 Å². The van der Waals surface area contributed by atoms with Gasteiger partial charge in [0, 0.05) is 22.9 Å². The first-order valence-electron chi connectivity index (χ1n) is 4.32. The van der Waals surface area contributed by atoms with Gasteiger partial charge in [-0.3, -0.25) is 0 Å². The van der Waals surface area contributed by atoms with Crippen LogP contribution in [0.2, 0.25) is 0 Å². The van der Waals surface area contributed by atoms with Crippen molar-refractivity contribution in [2.24, 2.45) is 0 Å². The molecular weight excluding hydrogens is 192 g/mol. The molecule has 0 aliphatic heterocycles. The summed E-state index contributed by atoms with van der Waals surface area (Å²) in [4.78, 5) is 8.96. The second kappa shape index (κ2) is 3.80. The molecule has 2 rings (SSSR count). The molecule has 0 N–H and O–H groups in total. The van der Waals surface area contributed by atoms with Crippen LogP contribution in [0.5, 0.6) is 0 Å². The van der Waals surface area contributed by atoms with Gasteiger partial charge in [0.25, 0.3) is 0 Å². The molecule has 0 aliphatic carbocycles. The van der Waals surface area contributed by atoms with E-state index in [-0.39, 0.29) is 0 Å². The summed E-state index contributed by atoms with van der Waals surface area (Å²) < 4.78 is 0. The number of benzene rings is 1. The summed E-state index contributed by atoms with van der Waals surface area (Å²) in [6.45, 7) is 2.06. The van der Waals surface area contributed by atoms with Crippen LogP contribution in [0.1, 0.15) is 5.56 Å². The van der Waals surface area contributed by atoms with E-state index in [1.54, 1.807) is 0 Å². The van der Waals surface area contributed by atoms with Crippen molar-refractivity contribution in [2.45, 2.75) is 11.8 Å². The zero-order valence-electron chi connectivity index (χ0n) is 7.81. The molecule has 1 aromatic heterocycles. The van der Waals surface area contributed by atoms with E-state index in [1.807, 2.05) is 30.6 Å². The van der Waals surface area contributed by atoms with Crippen LogP contribution in [0.15, 0.2) is 41.8 Å². The average Bonchev–Trinajstić information content (AvgIpc) is 2.19. The molecule has 0 fully saturated rings. The van der Waals surface area contributed by atoms with E-state index in [0.29, 0.717) is 0 Å². The monoisotopic (exact) mass is 202 g/mol. The summed E-state index contributed by atoms with van der Waals surface area (Å²) in [7, 11) is 0. The standard InChI is InChI=1S/C11H10N2S/c1-8-4-10(14)2-3-11(8)9-5-12-7-13-6-9/h2-7,14H,1H3. The number of aryl methyl sites for hydroxylation is 1. The smallest absolute Gasteiger partial charge is 0.115 e. The fourth-order valence-electron chi connectivity index (χ4n) is 1.41. The summed E-state index contributed by atoms with van der Waals surface area (Å²) in [6.07, 6.45) is 5.16. The molecule has 0 saturated carbocycles. The van der Waals surface area contributed by atoms with Crippen molar-refractivity contribution in [2.75, 3.05) is 0 Å². The van der Waals surface area contributed by atoms with Crippen LogP contribution < -0.4 is 0 Å². The second-order valence-corrected chi connectivity index (χ2v) is 3.64. The number of aromatic nitrogens is 2. The maximum Gasteiger partial charge on any atom is 0.115 e. The highest BCUT2D eigenvalue weighted by Crippen LogP contribution is 2.23. The molecule has 1 heterocycles. The Morgan fingerprint density at radius 3 is 2.50 bits per heavy atom. The van der Waals surface area contributed by atoms with Gasteiger partial charge in [-0.25, -0.2) is 9.97 Å². The Hall–Kier alpha value is -1.35. The molecule has 0 unspecified atom stereocenters. The normalized spacial score (nSPS) is 10.1. The number of hydrogen-bond acceptors (Lipinski definition) is 3. The lowest BCUT2D eigenvalue weighted by atomic mass is 10.0. The van der Waals surface area contributed by atoms with Crippen LogP contribution in [-0.2, 0) is 0 Å². The van der Waals surface area contributed by atoms with Crippen LogP contribution in [0.3, 0.4) is 0 Å². The molecule has 0 radical (unpaired) electrons. The summed E-state index contributed by atoms with van der Waals surface area (Å²) >= 11 is 4.28. The van der Waals surface area contributed by atoms with Gasteiger partial charge in [-0.2, -0.15) is 0 Å². The minimum Gasteiger partial charge on any atom is -0.244 e. The number of thiol groups is 1. The van der Waals surface area contributed by atoms with Crippen LogP contribution in [-0.4, -0.2) is 9.97 Å². The fourth-order valence-corrected chi connectivity index (χ4v) is 1.68. The summed E-state index contributed by atoms with van der Waals surface area (Å²) in [6, 6.07) is 6.04. The van der Waals surface area contributed by atoms with Gasteiger partial charge in [-0.15, -0.1) is 12.6 Å². The van der Waals surface area contributed by atoms with Crippen molar-refractivity contribution in [3.63, 3.8) is 0 Å². The number of rotatable bonds is 1. The van der Waals surface area contributed by atoms with Gasteiger partial charge in [0.05, 0.1) is 0 Å². The Labute approximate surface area is 88.4 Å². The highest BCUT2D eigenvalue weighted by Gasteiger charge is 2.01. The first-order valence-corrected chi connectivity index (χ1v) is 4.77. The third-order valence-corrected chi connectivity index (χ3v) is 2.36. The third-order valence-electron chi connectivity index (χ3n) is 2.08. The zero-order chi connectivity index (χ0) is 9.97. The lowest BCUT2D eigenvalue weighted by Crippen LogP contribution is -1.85. The fraction of sp³-hybridized carbons (Fsp3) is 0.0909. The van der Waals surface area contributed by atoms with E-state index < -0.39 is 0 Å². The summed E-state index contributed by atoms with van der Waals surface area (Å²) in [5.41, 5.74) is 3.38. The molecule has 0 bridgehead atoms. The molecular formula is C11H10N2S. The van der Waals surface area contributed by atoms with E-state index in [1.165, 1.54) is 11.9 Å². The molecule has 0 saturated heterocycles. The Bertz CT molecular complexity index is 440. The lowest BCUT2D eigenvalue weighted by Gasteiger charge is -2.05. The zero-order valence-corrected chi connectivity index (χ0v) is 8.70. The molecule has 0 spiro atoms. The first kappa shape index (κ1) is 9.21. The van der Waals surface area contributed by atoms with E-state index in [0.717, 1.165) is 16.0 Å². The highest BCUT2D eigenvalue weighted by molar-refractivity contribution is 7.80. The van der Waals surface area contributed by atoms with Crippen LogP contribution >= 0.6 is 12.6 Å². The van der Waals surface area contributed by atoms with E-state index in [2.05, 4.69) is 29.5 Å². The first-order chi connectivity index (χ1) is 6.77. The van der Waals surface area contributed by atoms with E-state index in [4.69, 9.17) is 0 Å². The number of hydrogen-bond donors (Lipinski definition) is 1. The van der Waals surface area contributed by atoms with E-state index in [9.17, 15) is 0 Å². The van der Waals surface area contributed by atoms with Gasteiger partial charge in [0.2, 0.25) is 0 Å². The highest BCUT2D eigenvalue weighted by atomic mass is 32.1. The second-order valence-electron chi connectivity index (χ2n) is 3.13. The van der Waals surface area contributed by atoms with Gasteiger partial charge in [0.1, 0.15) is 6.33 Å². The van der Waals surface area contributed by atoms with Crippen molar-refractivity contribution in [1.29, 1.82) is 0 Å². The lowest BCUT2D eigenvalue weighted by molar-refractivity contribution is 1.17. The van der Waals surface area contributed by atoms with Crippen LogP contribution in [0.4, 0.5) is 0 Å². The van der Waals surface area contributed by atoms with E-state index >= 15 is 0 Å². The van der Waals surface area contributed by atoms with Gasteiger partial charge in [-0.05, 0) is 30.2 Å². The van der Waals surface area contributed by atoms with Gasteiger partial charge in [-0.1, -0.05) is 6.07 Å². The topological polar surface area (TPSA) is 25.8 Å². The Balaban J connectivity index is 2.53. The molecule has 0 aliphatic rings. The molecule has 2 aromatic rings. The predicted octanol–water partition coefficient (Wildman–Crippen LogP) is 2.74. The molecule has 70 valence electrons. The van der Waals surface area contributed by atoms with Crippen LogP contribution in [0.25, 0.3) is 11.1 Å². The van der Waals surface area contributed by atoms with Crippen molar-refractivity contribution >= 4 is 12.6 Å². The molecule has 1 aromatic carbocycles. The minimum absolute atomic E-state index is 0.975. The minimum atomic E-state index is 0.975. The molecule has 0 amide bonds. The summed E-state index contributed by atoms with van der Waals surface area (Å²) in [5, 5.41) is 0. The Morgan fingerprint density at radius 1 is 1.14 bits per heavy atom. The molecule has 3 heteroatoms. The van der Waals surface area contributed by atoms with Crippen molar-refractivity contribution in [3.05, 3.63) is 42.5 Å². The molecule has 14 heavy (non-hydrogen) atoms. The molecule has 0 atom stereocenters. The maximum atomic E-state index is 4.28. The van der Waals surface area contributed by atoms with Gasteiger partial charge >= 0.3 is 0 Å². The SMILES string of the molecule is Cc1cc(S)ccc1-c1cncnc1. The van der Waals surface area contributed by atoms with Crippen molar-refractivity contribution < 1.29 is 0 Å². The van der Waals surface area contributed by atoms with Crippen molar-refractivity contribution in [3.8, 4) is 11.1 Å². The average molecular weight is 202 g/mol.